The van der Waals surface area contributed by atoms with Gasteiger partial charge in [0.1, 0.15) is 5.60 Å². The maximum absolute atomic E-state index is 13.0. The van der Waals surface area contributed by atoms with Crippen LogP contribution in [-0.2, 0) is 28.3 Å². The molecule has 2 bridgehead atoms. The summed E-state index contributed by atoms with van der Waals surface area (Å²) >= 11 is 0. The molecule has 0 saturated carbocycles. The number of nitrogens with zero attached hydrogens (tertiary/aromatic N) is 1. The molecule has 0 aromatic heterocycles. The molecule has 1 fully saturated rings. The van der Waals surface area contributed by atoms with Crippen LogP contribution in [0.25, 0.3) is 0 Å². The van der Waals surface area contributed by atoms with Crippen LogP contribution in [0.3, 0.4) is 0 Å². The SMILES string of the molecule is CC(C)(C)OC(=O)N1OC2(CCCO[Si](C)(C)C(C)(C)C)CCC1C=C2OS(=O)(=O)C(F)(F)F. The Morgan fingerprint density at radius 1 is 1.21 bits per heavy atom. The second-order valence-corrected chi connectivity index (χ2v) is 17.6. The summed E-state index contributed by atoms with van der Waals surface area (Å²) < 4.78 is 78.6. The number of carbonyl (C=O) groups excluding carboxylic acids is 1. The van der Waals surface area contributed by atoms with Gasteiger partial charge in [0.05, 0.1) is 6.04 Å². The zero-order valence-corrected chi connectivity index (χ0v) is 22.9. The van der Waals surface area contributed by atoms with E-state index in [4.69, 9.17) is 14.0 Å². The van der Waals surface area contributed by atoms with Crippen molar-refractivity contribution in [3.8, 4) is 0 Å². The fraction of sp³-hybridized carbons (Fsp3) is 0.857. The van der Waals surface area contributed by atoms with Gasteiger partial charge >= 0.3 is 21.7 Å². The highest BCUT2D eigenvalue weighted by Gasteiger charge is 2.56. The molecule has 34 heavy (non-hydrogen) atoms. The van der Waals surface area contributed by atoms with Crippen molar-refractivity contribution >= 4 is 24.5 Å². The zero-order chi connectivity index (χ0) is 26.4. The largest absolute Gasteiger partial charge is 0.534 e. The molecule has 3 aliphatic rings. The van der Waals surface area contributed by atoms with Crippen LogP contribution in [0.5, 0.6) is 0 Å². The van der Waals surface area contributed by atoms with Gasteiger partial charge < -0.3 is 13.3 Å². The predicted octanol–water partition coefficient (Wildman–Crippen LogP) is 5.62. The maximum Gasteiger partial charge on any atom is 0.534 e. The number of carbonyl (C=O) groups is 1. The van der Waals surface area contributed by atoms with E-state index in [0.717, 1.165) is 5.06 Å². The van der Waals surface area contributed by atoms with Gasteiger partial charge in [0.15, 0.2) is 19.7 Å². The topological polar surface area (TPSA) is 91.4 Å². The number of hydroxylamine groups is 2. The van der Waals surface area contributed by atoms with Crippen LogP contribution in [0.15, 0.2) is 11.8 Å². The molecule has 1 aliphatic carbocycles. The van der Waals surface area contributed by atoms with Gasteiger partial charge in [-0.2, -0.15) is 26.7 Å². The molecule has 0 aromatic carbocycles. The summed E-state index contributed by atoms with van der Waals surface area (Å²) in [5.74, 6) is -0.465. The molecule has 2 atom stereocenters. The molecule has 198 valence electrons. The lowest BCUT2D eigenvalue weighted by Gasteiger charge is -2.49. The number of alkyl halides is 3. The van der Waals surface area contributed by atoms with Gasteiger partial charge in [-0.25, -0.2) is 4.79 Å². The Balaban J connectivity index is 2.28. The lowest BCUT2D eigenvalue weighted by Crippen LogP contribution is -2.58. The Bertz CT molecular complexity index is 907. The summed E-state index contributed by atoms with van der Waals surface area (Å²) in [5, 5.41) is 0.920. The van der Waals surface area contributed by atoms with Crippen LogP contribution < -0.4 is 0 Å². The van der Waals surface area contributed by atoms with Crippen molar-refractivity contribution in [2.24, 2.45) is 0 Å². The molecule has 1 amide bonds. The van der Waals surface area contributed by atoms with Crippen LogP contribution in [-0.4, -0.2) is 57.3 Å². The first kappa shape index (κ1) is 28.9. The van der Waals surface area contributed by atoms with Crippen molar-refractivity contribution in [2.75, 3.05) is 6.61 Å². The van der Waals surface area contributed by atoms with Crippen LogP contribution >= 0.6 is 0 Å². The molecule has 8 nitrogen and oxygen atoms in total. The molecule has 0 N–H and O–H groups in total. The van der Waals surface area contributed by atoms with E-state index in [1.807, 2.05) is 0 Å². The number of hydrogen-bond acceptors (Lipinski definition) is 7. The third kappa shape index (κ3) is 6.46. The molecule has 1 saturated heterocycles. The third-order valence-corrected chi connectivity index (χ3v) is 11.8. The molecule has 2 heterocycles. The Kier molecular flexibility index (Phi) is 7.90. The summed E-state index contributed by atoms with van der Waals surface area (Å²) in [6.07, 6.45) is 1.36. The van der Waals surface area contributed by atoms with E-state index in [1.165, 1.54) is 6.08 Å². The van der Waals surface area contributed by atoms with Gasteiger partial charge in [-0.05, 0) is 70.7 Å². The van der Waals surface area contributed by atoms with Gasteiger partial charge in [-0.15, -0.1) is 0 Å². The van der Waals surface area contributed by atoms with E-state index in [0.29, 0.717) is 19.4 Å². The summed E-state index contributed by atoms with van der Waals surface area (Å²) in [5.41, 5.74) is -7.99. The Morgan fingerprint density at radius 2 is 1.79 bits per heavy atom. The van der Waals surface area contributed by atoms with E-state index < -0.39 is 53.0 Å². The molecule has 2 unspecified atom stereocenters. The molecular formula is C21H36F3NO7SSi. The molecule has 0 spiro atoms. The van der Waals surface area contributed by atoms with Crippen LogP contribution in [0.1, 0.15) is 67.2 Å². The van der Waals surface area contributed by atoms with Crippen molar-refractivity contribution in [3.63, 3.8) is 0 Å². The molecule has 0 radical (unpaired) electrons. The van der Waals surface area contributed by atoms with Gasteiger partial charge in [0.2, 0.25) is 0 Å². The van der Waals surface area contributed by atoms with Crippen LogP contribution in [0.4, 0.5) is 18.0 Å². The lowest BCUT2D eigenvalue weighted by molar-refractivity contribution is -0.275. The molecule has 13 heteroatoms. The van der Waals surface area contributed by atoms with Gasteiger partial charge in [-0.1, -0.05) is 20.8 Å². The maximum atomic E-state index is 13.0. The van der Waals surface area contributed by atoms with E-state index >= 15 is 0 Å². The lowest BCUT2D eigenvalue weighted by atomic mass is 9.81. The average Bonchev–Trinajstić information content (AvgIpc) is 2.62. The Morgan fingerprint density at radius 3 is 2.29 bits per heavy atom. The van der Waals surface area contributed by atoms with E-state index in [9.17, 15) is 26.4 Å². The van der Waals surface area contributed by atoms with Gasteiger partial charge in [-0.3, -0.25) is 4.84 Å². The summed E-state index contributed by atoms with van der Waals surface area (Å²) in [6.45, 7) is 15.7. The van der Waals surface area contributed by atoms with Crippen LogP contribution in [0.2, 0.25) is 18.1 Å². The predicted molar refractivity (Wildman–Crippen MR) is 121 cm³/mol. The highest BCUT2D eigenvalue weighted by molar-refractivity contribution is 7.87. The minimum atomic E-state index is -5.91. The highest BCUT2D eigenvalue weighted by Crippen LogP contribution is 2.47. The molecule has 2 aliphatic heterocycles. The minimum absolute atomic E-state index is 0.0346. The zero-order valence-electron chi connectivity index (χ0n) is 21.0. The highest BCUT2D eigenvalue weighted by atomic mass is 32.2. The van der Waals surface area contributed by atoms with Crippen molar-refractivity contribution in [1.82, 2.24) is 5.06 Å². The fourth-order valence-corrected chi connectivity index (χ4v) is 5.02. The first-order chi connectivity index (χ1) is 15.1. The third-order valence-electron chi connectivity index (χ3n) is 6.26. The standard InChI is InChI=1S/C21H36F3NO7SSi/c1-18(2,3)30-17(26)25-15-10-12-20(32-25,11-9-13-29-34(7,8)19(4,5)6)16(14-15)31-33(27,28)21(22,23)24/h14-15H,9-13H2,1-8H3. The number of ether oxygens (including phenoxy) is 1. The van der Waals surface area contributed by atoms with E-state index in [-0.39, 0.29) is 17.9 Å². The van der Waals surface area contributed by atoms with Crippen molar-refractivity contribution in [3.05, 3.63) is 11.8 Å². The second kappa shape index (κ2) is 9.29. The van der Waals surface area contributed by atoms with Crippen molar-refractivity contribution < 1.29 is 44.6 Å². The van der Waals surface area contributed by atoms with Crippen molar-refractivity contribution in [1.29, 1.82) is 0 Å². The number of halogens is 3. The Hall–Kier alpha value is -1.31. The number of fused-ring (bicyclic) bond motifs is 2. The normalized spacial score (nSPS) is 24.1. The fourth-order valence-electron chi connectivity index (χ4n) is 3.39. The monoisotopic (exact) mass is 531 g/mol. The first-order valence-corrected chi connectivity index (χ1v) is 15.5. The summed E-state index contributed by atoms with van der Waals surface area (Å²) in [7, 11) is -7.98. The smallest absolute Gasteiger partial charge is 0.442 e. The van der Waals surface area contributed by atoms with E-state index in [2.05, 4.69) is 38.0 Å². The van der Waals surface area contributed by atoms with E-state index in [1.54, 1.807) is 20.8 Å². The second-order valence-electron chi connectivity index (χ2n) is 11.2. The van der Waals surface area contributed by atoms with Gasteiger partial charge in [0.25, 0.3) is 0 Å². The molecule has 0 aromatic rings. The average molecular weight is 532 g/mol. The van der Waals surface area contributed by atoms with Crippen LogP contribution in [0, 0.1) is 0 Å². The molecular weight excluding hydrogens is 495 g/mol. The quantitative estimate of drug-likeness (QED) is 0.182. The summed E-state index contributed by atoms with van der Waals surface area (Å²) in [4.78, 5) is 18.5. The van der Waals surface area contributed by atoms with Gasteiger partial charge in [0, 0.05) is 6.61 Å². The molecule has 3 rings (SSSR count). The number of amides is 1. The minimum Gasteiger partial charge on any atom is -0.442 e. The Labute approximate surface area is 201 Å². The number of rotatable bonds is 7. The summed E-state index contributed by atoms with van der Waals surface area (Å²) in [6, 6.07) is -0.821. The van der Waals surface area contributed by atoms with Crippen molar-refractivity contribution in [2.45, 2.75) is 108 Å². The first-order valence-electron chi connectivity index (χ1n) is 11.2. The number of hydrogen-bond donors (Lipinski definition) is 0.